The number of benzene rings is 1. The number of nitrogens with two attached hydrogens (primary N) is 1. The van der Waals surface area contributed by atoms with E-state index in [4.69, 9.17) is 5.73 Å². The summed E-state index contributed by atoms with van der Waals surface area (Å²) in [5.74, 6) is 0.839. The number of pyridine rings is 1. The number of nitrogen functional groups attached to an aromatic ring is 1. The standard InChI is InChI=1S/C15H19N3/c1-2-4-10-9-14(10)18-13-7-6-12(16)11-5-3-8-17-15(11)13/h3,5-8,10,14,18H,2,4,9,16H2,1H3. The molecule has 1 aliphatic carbocycles. The van der Waals surface area contributed by atoms with Crippen LogP contribution in [0.15, 0.2) is 30.5 Å². The van der Waals surface area contributed by atoms with Crippen molar-refractivity contribution in [1.82, 2.24) is 4.98 Å². The first-order valence-corrected chi connectivity index (χ1v) is 6.69. The van der Waals surface area contributed by atoms with Crippen molar-refractivity contribution in [2.45, 2.75) is 32.2 Å². The van der Waals surface area contributed by atoms with Crippen LogP contribution in [0, 0.1) is 5.92 Å². The van der Waals surface area contributed by atoms with Crippen molar-refractivity contribution in [2.75, 3.05) is 11.1 Å². The number of anilines is 2. The van der Waals surface area contributed by atoms with E-state index in [1.807, 2.05) is 30.5 Å². The summed E-state index contributed by atoms with van der Waals surface area (Å²) in [5.41, 5.74) is 8.87. The highest BCUT2D eigenvalue weighted by molar-refractivity contribution is 5.98. The lowest BCUT2D eigenvalue weighted by atomic mass is 10.1. The average Bonchev–Trinajstić information content (AvgIpc) is 3.12. The van der Waals surface area contributed by atoms with E-state index in [2.05, 4.69) is 17.2 Å². The molecule has 1 aromatic heterocycles. The summed E-state index contributed by atoms with van der Waals surface area (Å²) in [6, 6.07) is 8.59. The molecule has 3 rings (SSSR count). The van der Waals surface area contributed by atoms with Gasteiger partial charge in [-0.25, -0.2) is 0 Å². The summed E-state index contributed by atoms with van der Waals surface area (Å²) in [6.07, 6.45) is 5.69. The second-order valence-corrected chi connectivity index (χ2v) is 5.14. The van der Waals surface area contributed by atoms with Crippen LogP contribution in [0.1, 0.15) is 26.2 Å². The van der Waals surface area contributed by atoms with Crippen molar-refractivity contribution in [2.24, 2.45) is 5.92 Å². The van der Waals surface area contributed by atoms with Gasteiger partial charge in [0, 0.05) is 23.3 Å². The zero-order valence-corrected chi connectivity index (χ0v) is 10.7. The van der Waals surface area contributed by atoms with Crippen molar-refractivity contribution in [3.05, 3.63) is 30.5 Å². The molecule has 0 bridgehead atoms. The number of hydrogen-bond donors (Lipinski definition) is 2. The van der Waals surface area contributed by atoms with Crippen molar-refractivity contribution in [3.63, 3.8) is 0 Å². The van der Waals surface area contributed by atoms with Crippen LogP contribution < -0.4 is 11.1 Å². The van der Waals surface area contributed by atoms with E-state index in [-0.39, 0.29) is 0 Å². The second-order valence-electron chi connectivity index (χ2n) is 5.14. The van der Waals surface area contributed by atoms with Gasteiger partial charge in [0.25, 0.3) is 0 Å². The Morgan fingerprint density at radius 1 is 1.39 bits per heavy atom. The monoisotopic (exact) mass is 241 g/mol. The molecular formula is C15H19N3. The summed E-state index contributed by atoms with van der Waals surface area (Å²) in [4.78, 5) is 4.45. The predicted octanol–water partition coefficient (Wildman–Crippen LogP) is 3.42. The zero-order valence-electron chi connectivity index (χ0n) is 10.7. The van der Waals surface area contributed by atoms with Crippen molar-refractivity contribution in [3.8, 4) is 0 Å². The van der Waals surface area contributed by atoms with Gasteiger partial charge in [-0.15, -0.1) is 0 Å². The van der Waals surface area contributed by atoms with Gasteiger partial charge >= 0.3 is 0 Å². The maximum atomic E-state index is 5.98. The van der Waals surface area contributed by atoms with Crippen LogP contribution in [0.5, 0.6) is 0 Å². The second kappa shape index (κ2) is 4.48. The summed E-state index contributed by atoms with van der Waals surface area (Å²) < 4.78 is 0. The van der Waals surface area contributed by atoms with Gasteiger partial charge in [0.2, 0.25) is 0 Å². The molecule has 1 aromatic carbocycles. The maximum Gasteiger partial charge on any atom is 0.0953 e. The first-order chi connectivity index (χ1) is 8.79. The SMILES string of the molecule is CCCC1CC1Nc1ccc(N)c2cccnc12. The van der Waals surface area contributed by atoms with Crippen LogP contribution in [-0.4, -0.2) is 11.0 Å². The minimum absolute atomic E-state index is 0.624. The number of nitrogens with zero attached hydrogens (tertiary/aromatic N) is 1. The lowest BCUT2D eigenvalue weighted by molar-refractivity contribution is 0.693. The van der Waals surface area contributed by atoms with Crippen molar-refractivity contribution < 1.29 is 0 Å². The van der Waals surface area contributed by atoms with Crippen molar-refractivity contribution >= 4 is 22.3 Å². The first-order valence-electron chi connectivity index (χ1n) is 6.69. The topological polar surface area (TPSA) is 50.9 Å². The molecule has 0 saturated heterocycles. The van der Waals surface area contributed by atoms with Gasteiger partial charge in [-0.05, 0) is 43.0 Å². The lowest BCUT2D eigenvalue weighted by Crippen LogP contribution is -2.06. The molecule has 0 amide bonds. The molecule has 0 radical (unpaired) electrons. The van der Waals surface area contributed by atoms with Gasteiger partial charge in [0.15, 0.2) is 0 Å². The van der Waals surface area contributed by atoms with E-state index in [1.54, 1.807) is 0 Å². The molecule has 2 atom stereocenters. The fourth-order valence-corrected chi connectivity index (χ4v) is 2.63. The summed E-state index contributed by atoms with van der Waals surface area (Å²) in [6.45, 7) is 2.25. The highest BCUT2D eigenvalue weighted by Crippen LogP contribution is 2.38. The van der Waals surface area contributed by atoms with E-state index in [1.165, 1.54) is 19.3 Å². The molecule has 0 aliphatic heterocycles. The number of rotatable bonds is 4. The third kappa shape index (κ3) is 2.01. The molecular weight excluding hydrogens is 222 g/mol. The lowest BCUT2D eigenvalue weighted by Gasteiger charge is -2.10. The molecule has 2 unspecified atom stereocenters. The normalized spacial score (nSPS) is 22.1. The van der Waals surface area contributed by atoms with E-state index in [9.17, 15) is 0 Å². The zero-order chi connectivity index (χ0) is 12.5. The summed E-state index contributed by atoms with van der Waals surface area (Å²) in [5, 5.41) is 4.64. The molecule has 1 saturated carbocycles. The van der Waals surface area contributed by atoms with Crippen LogP contribution in [0.4, 0.5) is 11.4 Å². The highest BCUT2D eigenvalue weighted by Gasteiger charge is 2.36. The average molecular weight is 241 g/mol. The Balaban J connectivity index is 1.87. The first kappa shape index (κ1) is 11.3. The Hall–Kier alpha value is -1.77. The summed E-state index contributed by atoms with van der Waals surface area (Å²) in [7, 11) is 0. The van der Waals surface area contributed by atoms with Crippen LogP contribution in [-0.2, 0) is 0 Å². The van der Waals surface area contributed by atoms with Crippen LogP contribution in [0.25, 0.3) is 10.9 Å². The summed E-state index contributed by atoms with van der Waals surface area (Å²) >= 11 is 0. The Morgan fingerprint density at radius 3 is 3.11 bits per heavy atom. The van der Waals surface area contributed by atoms with Gasteiger partial charge < -0.3 is 11.1 Å². The maximum absolute atomic E-state index is 5.98. The van der Waals surface area contributed by atoms with E-state index >= 15 is 0 Å². The smallest absolute Gasteiger partial charge is 0.0953 e. The predicted molar refractivity (Wildman–Crippen MR) is 76.6 cm³/mol. The highest BCUT2D eigenvalue weighted by atomic mass is 15.0. The molecule has 3 heteroatoms. The Kier molecular flexibility index (Phi) is 2.82. The quantitative estimate of drug-likeness (QED) is 0.806. The fourth-order valence-electron chi connectivity index (χ4n) is 2.63. The molecule has 1 heterocycles. The third-order valence-corrected chi connectivity index (χ3v) is 3.73. The van der Waals surface area contributed by atoms with Crippen LogP contribution >= 0.6 is 0 Å². The molecule has 18 heavy (non-hydrogen) atoms. The largest absolute Gasteiger partial charge is 0.398 e. The van der Waals surface area contributed by atoms with Crippen molar-refractivity contribution in [1.29, 1.82) is 0 Å². The Bertz CT molecular complexity index is 565. The third-order valence-electron chi connectivity index (χ3n) is 3.73. The molecule has 0 spiro atoms. The van der Waals surface area contributed by atoms with Crippen LogP contribution in [0.2, 0.25) is 0 Å². The Labute approximate surface area is 107 Å². The molecule has 2 aromatic rings. The molecule has 3 N–H and O–H groups in total. The number of nitrogens with one attached hydrogen (secondary N) is 1. The Morgan fingerprint density at radius 2 is 2.28 bits per heavy atom. The van der Waals surface area contributed by atoms with E-state index < -0.39 is 0 Å². The van der Waals surface area contributed by atoms with Crippen LogP contribution in [0.3, 0.4) is 0 Å². The van der Waals surface area contributed by atoms with Gasteiger partial charge in [-0.2, -0.15) is 0 Å². The van der Waals surface area contributed by atoms with Gasteiger partial charge in [-0.1, -0.05) is 13.3 Å². The van der Waals surface area contributed by atoms with E-state index in [0.717, 1.165) is 28.2 Å². The number of aromatic nitrogens is 1. The van der Waals surface area contributed by atoms with E-state index in [0.29, 0.717) is 6.04 Å². The molecule has 3 nitrogen and oxygen atoms in total. The number of fused-ring (bicyclic) bond motifs is 1. The molecule has 1 aliphatic rings. The minimum Gasteiger partial charge on any atom is -0.398 e. The minimum atomic E-state index is 0.624. The van der Waals surface area contributed by atoms with Gasteiger partial charge in [-0.3, -0.25) is 4.98 Å². The van der Waals surface area contributed by atoms with Gasteiger partial charge in [0.05, 0.1) is 11.2 Å². The molecule has 1 fully saturated rings. The molecule has 94 valence electrons. The van der Waals surface area contributed by atoms with Gasteiger partial charge in [0.1, 0.15) is 0 Å². The number of hydrogen-bond acceptors (Lipinski definition) is 3. The fraction of sp³-hybridized carbons (Fsp3) is 0.400.